The third-order valence-corrected chi connectivity index (χ3v) is 7.04. The minimum atomic E-state index is 1.18. The molecule has 0 bridgehead atoms. The highest BCUT2D eigenvalue weighted by Gasteiger charge is 2.25. The van der Waals surface area contributed by atoms with Crippen LogP contribution >= 0.6 is 55.0 Å². The Labute approximate surface area is 142 Å². The van der Waals surface area contributed by atoms with Crippen LogP contribution in [0.25, 0.3) is 22.3 Å². The summed E-state index contributed by atoms with van der Waals surface area (Å²) in [6.07, 6.45) is 0. The van der Waals surface area contributed by atoms with Crippen molar-refractivity contribution in [3.05, 3.63) is 56.1 Å². The SMILES string of the molecule is Brc1sc(Br)c2c1-c1ccccc1Sc1ccccc1-2. The fourth-order valence-corrected chi connectivity index (χ4v) is 6.82. The first-order valence-electron chi connectivity index (χ1n) is 6.10. The molecule has 2 aromatic carbocycles. The van der Waals surface area contributed by atoms with Crippen molar-refractivity contribution in [2.24, 2.45) is 0 Å². The van der Waals surface area contributed by atoms with Gasteiger partial charge in [0.25, 0.3) is 0 Å². The second kappa shape index (κ2) is 5.02. The highest BCUT2D eigenvalue weighted by atomic mass is 79.9. The van der Waals surface area contributed by atoms with Crippen molar-refractivity contribution in [3.63, 3.8) is 0 Å². The van der Waals surface area contributed by atoms with Gasteiger partial charge in [0.05, 0.1) is 7.57 Å². The highest BCUT2D eigenvalue weighted by molar-refractivity contribution is 9.12. The Morgan fingerprint density at radius 1 is 0.650 bits per heavy atom. The monoisotopic (exact) mass is 422 g/mol. The first-order chi connectivity index (χ1) is 9.75. The van der Waals surface area contributed by atoms with Gasteiger partial charge in [0.1, 0.15) is 0 Å². The summed E-state index contributed by atoms with van der Waals surface area (Å²) in [4.78, 5) is 2.62. The number of thiophene rings is 1. The largest absolute Gasteiger partial charge is 0.120 e. The fourth-order valence-electron chi connectivity index (χ4n) is 2.50. The Hall–Kier alpha value is -0.550. The fraction of sp³-hybridized carbons (Fsp3) is 0. The summed E-state index contributed by atoms with van der Waals surface area (Å²) in [5, 5.41) is 0. The van der Waals surface area contributed by atoms with Gasteiger partial charge in [0.2, 0.25) is 0 Å². The zero-order valence-electron chi connectivity index (χ0n) is 10.2. The van der Waals surface area contributed by atoms with Crippen molar-refractivity contribution in [1.29, 1.82) is 0 Å². The summed E-state index contributed by atoms with van der Waals surface area (Å²) in [6.45, 7) is 0. The summed E-state index contributed by atoms with van der Waals surface area (Å²) in [5.74, 6) is 0. The lowest BCUT2D eigenvalue weighted by Crippen LogP contribution is -1.81. The Morgan fingerprint density at radius 2 is 1.10 bits per heavy atom. The van der Waals surface area contributed by atoms with Gasteiger partial charge in [-0.15, -0.1) is 11.3 Å². The number of hydrogen-bond acceptors (Lipinski definition) is 2. The predicted molar refractivity (Wildman–Crippen MR) is 94.7 cm³/mol. The molecule has 0 radical (unpaired) electrons. The minimum Gasteiger partial charge on any atom is -0.120 e. The van der Waals surface area contributed by atoms with Crippen molar-refractivity contribution in [1.82, 2.24) is 0 Å². The third kappa shape index (κ3) is 1.93. The van der Waals surface area contributed by atoms with Gasteiger partial charge in [-0.25, -0.2) is 0 Å². The molecule has 2 heterocycles. The molecule has 4 heteroatoms. The van der Waals surface area contributed by atoms with Crippen LogP contribution in [0, 0.1) is 0 Å². The molecular weight excluding hydrogens is 416 g/mol. The lowest BCUT2D eigenvalue weighted by molar-refractivity contribution is 1.44. The van der Waals surface area contributed by atoms with E-state index in [-0.39, 0.29) is 0 Å². The summed E-state index contributed by atoms with van der Waals surface area (Å²) in [7, 11) is 0. The molecule has 0 unspecified atom stereocenters. The molecule has 1 aliphatic rings. The molecule has 98 valence electrons. The van der Waals surface area contributed by atoms with Crippen molar-refractivity contribution in [3.8, 4) is 22.3 Å². The summed E-state index contributed by atoms with van der Waals surface area (Å²) < 4.78 is 2.37. The van der Waals surface area contributed by atoms with Crippen LogP contribution < -0.4 is 0 Å². The number of hydrogen-bond donors (Lipinski definition) is 0. The Kier molecular flexibility index (Phi) is 3.30. The van der Waals surface area contributed by atoms with Crippen LogP contribution in [0.3, 0.4) is 0 Å². The first-order valence-corrected chi connectivity index (χ1v) is 9.32. The second-order valence-electron chi connectivity index (χ2n) is 4.49. The molecule has 3 aromatic rings. The van der Waals surface area contributed by atoms with Crippen molar-refractivity contribution in [2.45, 2.75) is 9.79 Å². The van der Waals surface area contributed by atoms with E-state index in [1.165, 1.54) is 39.6 Å². The molecule has 20 heavy (non-hydrogen) atoms. The van der Waals surface area contributed by atoms with E-state index in [9.17, 15) is 0 Å². The Bertz CT molecular complexity index is 755. The quantitative estimate of drug-likeness (QED) is 0.291. The van der Waals surface area contributed by atoms with E-state index < -0.39 is 0 Å². The maximum absolute atomic E-state index is 3.74. The van der Waals surface area contributed by atoms with E-state index in [1.807, 2.05) is 11.8 Å². The van der Waals surface area contributed by atoms with E-state index in [0.717, 1.165) is 0 Å². The normalized spacial score (nSPS) is 12.3. The molecule has 0 atom stereocenters. The van der Waals surface area contributed by atoms with Crippen LogP contribution in [0.2, 0.25) is 0 Å². The number of fused-ring (bicyclic) bond motifs is 5. The van der Waals surface area contributed by atoms with E-state index in [4.69, 9.17) is 0 Å². The van der Waals surface area contributed by atoms with Gasteiger partial charge in [-0.05, 0) is 55.1 Å². The van der Waals surface area contributed by atoms with Crippen molar-refractivity contribution in [2.75, 3.05) is 0 Å². The standard InChI is InChI=1S/C16H8Br2S2/c17-15-13-9-5-1-3-7-11(9)19-12-8-4-2-6-10(12)14(13)16(18)20-15/h1-8H. The lowest BCUT2D eigenvalue weighted by atomic mass is 9.99. The molecule has 1 aliphatic heterocycles. The highest BCUT2D eigenvalue weighted by Crippen LogP contribution is 2.55. The van der Waals surface area contributed by atoms with E-state index in [2.05, 4.69) is 80.4 Å². The number of rotatable bonds is 0. The first kappa shape index (κ1) is 13.1. The third-order valence-electron chi connectivity index (χ3n) is 3.36. The average Bonchev–Trinajstić information content (AvgIpc) is 2.67. The summed E-state index contributed by atoms with van der Waals surface area (Å²) in [5.41, 5.74) is 5.21. The molecule has 0 amide bonds. The molecule has 0 fully saturated rings. The summed E-state index contributed by atoms with van der Waals surface area (Å²) >= 11 is 11.1. The average molecular weight is 424 g/mol. The summed E-state index contributed by atoms with van der Waals surface area (Å²) in [6, 6.07) is 17.2. The van der Waals surface area contributed by atoms with Crippen LogP contribution in [0.5, 0.6) is 0 Å². The van der Waals surface area contributed by atoms with Gasteiger partial charge >= 0.3 is 0 Å². The van der Waals surface area contributed by atoms with Crippen LogP contribution in [0.4, 0.5) is 0 Å². The van der Waals surface area contributed by atoms with Gasteiger partial charge in [0, 0.05) is 20.9 Å². The molecule has 4 rings (SSSR count). The molecule has 0 saturated carbocycles. The van der Waals surface area contributed by atoms with E-state index in [1.54, 1.807) is 11.3 Å². The smallest absolute Gasteiger partial charge is 0.0795 e. The Balaban J connectivity index is 2.18. The van der Waals surface area contributed by atoms with Gasteiger partial charge in [-0.2, -0.15) is 0 Å². The van der Waals surface area contributed by atoms with Crippen LogP contribution in [0.1, 0.15) is 0 Å². The van der Waals surface area contributed by atoms with E-state index in [0.29, 0.717) is 0 Å². The van der Waals surface area contributed by atoms with Crippen LogP contribution in [-0.4, -0.2) is 0 Å². The van der Waals surface area contributed by atoms with Crippen LogP contribution in [0.15, 0.2) is 65.9 Å². The van der Waals surface area contributed by atoms with Crippen molar-refractivity contribution >= 4 is 55.0 Å². The van der Waals surface area contributed by atoms with Gasteiger partial charge < -0.3 is 0 Å². The lowest BCUT2D eigenvalue weighted by Gasteiger charge is -2.05. The molecule has 0 spiro atoms. The maximum Gasteiger partial charge on any atom is 0.0795 e. The Morgan fingerprint density at radius 3 is 1.60 bits per heavy atom. The van der Waals surface area contributed by atoms with E-state index >= 15 is 0 Å². The maximum atomic E-state index is 3.74. The number of benzene rings is 2. The van der Waals surface area contributed by atoms with Gasteiger partial charge in [-0.3, -0.25) is 0 Å². The topological polar surface area (TPSA) is 0 Å². The molecule has 0 N–H and O–H groups in total. The zero-order valence-corrected chi connectivity index (χ0v) is 15.0. The van der Waals surface area contributed by atoms with Crippen LogP contribution in [-0.2, 0) is 0 Å². The zero-order chi connectivity index (χ0) is 13.7. The van der Waals surface area contributed by atoms with Gasteiger partial charge in [0.15, 0.2) is 0 Å². The number of halogens is 2. The molecule has 0 saturated heterocycles. The molecule has 0 nitrogen and oxygen atoms in total. The molecule has 0 aliphatic carbocycles. The van der Waals surface area contributed by atoms with Crippen molar-refractivity contribution < 1.29 is 0 Å². The molecular formula is C16H8Br2S2. The van der Waals surface area contributed by atoms with Gasteiger partial charge in [-0.1, -0.05) is 48.2 Å². The molecule has 1 aromatic heterocycles. The second-order valence-corrected chi connectivity index (χ2v) is 9.23. The minimum absolute atomic E-state index is 1.18. The predicted octanol–water partition coefficient (Wildman–Crippen LogP) is 7.07.